The molecule has 1 aromatic rings. The Morgan fingerprint density at radius 1 is 1.17 bits per heavy atom. The van der Waals surface area contributed by atoms with Gasteiger partial charge in [0, 0.05) is 43.3 Å². The zero-order chi connectivity index (χ0) is 17.6. The van der Waals surface area contributed by atoms with E-state index in [1.807, 2.05) is 39.8 Å². The van der Waals surface area contributed by atoms with Crippen LogP contribution in [0.15, 0.2) is 18.3 Å². The van der Waals surface area contributed by atoms with Crippen molar-refractivity contribution >= 4 is 12.6 Å². The normalized spacial score (nSPS) is 25.3. The van der Waals surface area contributed by atoms with Gasteiger partial charge in [-0.15, -0.1) is 0 Å². The van der Waals surface area contributed by atoms with Crippen LogP contribution >= 0.6 is 0 Å². The Hall–Kier alpha value is -1.05. The molecule has 2 fully saturated rings. The minimum absolute atomic E-state index is 0.0404. The van der Waals surface area contributed by atoms with Crippen molar-refractivity contribution in [2.45, 2.75) is 57.7 Å². The van der Waals surface area contributed by atoms with Gasteiger partial charge in [-0.05, 0) is 33.8 Å². The number of nitrogens with zero attached hydrogens (tertiary/aromatic N) is 2. The average molecular weight is 338 g/mol. The molecule has 0 amide bonds. The molecule has 2 aliphatic rings. The molecule has 1 aromatic heterocycles. The topological polar surface area (TPSA) is 34.6 Å². The molecule has 2 aliphatic heterocycles. The third-order valence-corrected chi connectivity index (χ3v) is 5.31. The van der Waals surface area contributed by atoms with Gasteiger partial charge in [0.15, 0.2) is 0 Å². The van der Waals surface area contributed by atoms with E-state index < -0.39 is 13.0 Å². The summed E-state index contributed by atoms with van der Waals surface area (Å²) in [4.78, 5) is 6.24. The van der Waals surface area contributed by atoms with E-state index in [1.54, 1.807) is 11.1 Å². The van der Waals surface area contributed by atoms with Gasteiger partial charge in [-0.25, -0.2) is 8.78 Å². The first-order valence-corrected chi connectivity index (χ1v) is 8.49. The summed E-state index contributed by atoms with van der Waals surface area (Å²) in [6.07, 6.45) is 2.39. The number of likely N-dealkylation sites (tertiary alicyclic amines) is 1. The molecule has 3 rings (SSSR count). The summed E-state index contributed by atoms with van der Waals surface area (Å²) in [6.45, 7) is 8.99. The molecule has 0 radical (unpaired) electrons. The SMILES string of the molecule is CC1(C)OB(c2ccc(CCN3CCC(F)(F)C3)nc2)OC1(C)C. The van der Waals surface area contributed by atoms with Crippen molar-refractivity contribution in [2.24, 2.45) is 0 Å². The van der Waals surface area contributed by atoms with Crippen LogP contribution in [0.25, 0.3) is 0 Å². The Morgan fingerprint density at radius 3 is 2.33 bits per heavy atom. The van der Waals surface area contributed by atoms with E-state index >= 15 is 0 Å². The summed E-state index contributed by atoms with van der Waals surface area (Å²) in [5.74, 6) is -2.53. The van der Waals surface area contributed by atoms with E-state index in [2.05, 4.69) is 4.98 Å². The molecule has 4 nitrogen and oxygen atoms in total. The summed E-state index contributed by atoms with van der Waals surface area (Å²) in [5.41, 5.74) is 1.02. The van der Waals surface area contributed by atoms with Crippen molar-refractivity contribution in [1.82, 2.24) is 9.88 Å². The Morgan fingerprint density at radius 2 is 1.83 bits per heavy atom. The standard InChI is InChI=1S/C17H25BF2N2O2/c1-15(2)16(3,4)24-18(23-15)13-5-6-14(21-11-13)7-9-22-10-8-17(19,20)12-22/h5-6,11H,7-10,12H2,1-4H3. The van der Waals surface area contributed by atoms with Crippen molar-refractivity contribution in [3.63, 3.8) is 0 Å². The van der Waals surface area contributed by atoms with E-state index in [9.17, 15) is 8.78 Å². The summed E-state index contributed by atoms with van der Waals surface area (Å²) >= 11 is 0. The Labute approximate surface area is 142 Å². The van der Waals surface area contributed by atoms with Gasteiger partial charge in [-0.2, -0.15) is 0 Å². The molecule has 0 N–H and O–H groups in total. The number of hydrogen-bond donors (Lipinski definition) is 0. The third kappa shape index (κ3) is 3.63. The second-order valence-corrected chi connectivity index (χ2v) is 7.80. The van der Waals surface area contributed by atoms with Crippen LogP contribution < -0.4 is 5.46 Å². The van der Waals surface area contributed by atoms with Crippen LogP contribution in [0.5, 0.6) is 0 Å². The molecule has 132 valence electrons. The first-order chi connectivity index (χ1) is 11.1. The van der Waals surface area contributed by atoms with E-state index in [1.165, 1.54) is 0 Å². The number of halogens is 2. The molecule has 0 spiro atoms. The zero-order valence-electron chi connectivity index (χ0n) is 14.8. The highest BCUT2D eigenvalue weighted by Crippen LogP contribution is 2.36. The van der Waals surface area contributed by atoms with Crippen LogP contribution in [0.4, 0.5) is 8.78 Å². The van der Waals surface area contributed by atoms with Crippen molar-refractivity contribution < 1.29 is 18.1 Å². The van der Waals surface area contributed by atoms with Crippen LogP contribution in [0.2, 0.25) is 0 Å². The lowest BCUT2D eigenvalue weighted by Gasteiger charge is -2.32. The fourth-order valence-corrected chi connectivity index (χ4v) is 2.97. The van der Waals surface area contributed by atoms with Crippen LogP contribution in [0.3, 0.4) is 0 Å². The van der Waals surface area contributed by atoms with E-state index in [4.69, 9.17) is 9.31 Å². The van der Waals surface area contributed by atoms with Gasteiger partial charge in [0.1, 0.15) is 0 Å². The highest BCUT2D eigenvalue weighted by Gasteiger charge is 2.51. The Kier molecular flexibility index (Phi) is 4.47. The van der Waals surface area contributed by atoms with Gasteiger partial charge in [0.2, 0.25) is 0 Å². The van der Waals surface area contributed by atoms with Crippen LogP contribution in [0, 0.1) is 0 Å². The molecule has 0 bridgehead atoms. The molecule has 0 saturated carbocycles. The highest BCUT2D eigenvalue weighted by molar-refractivity contribution is 6.62. The summed E-state index contributed by atoms with van der Waals surface area (Å²) < 4.78 is 38.4. The molecule has 2 saturated heterocycles. The monoisotopic (exact) mass is 338 g/mol. The summed E-state index contributed by atoms with van der Waals surface area (Å²) in [5, 5.41) is 0. The molecule has 0 aromatic carbocycles. The van der Waals surface area contributed by atoms with Crippen molar-refractivity contribution in [2.75, 3.05) is 19.6 Å². The predicted molar refractivity (Wildman–Crippen MR) is 89.7 cm³/mol. The quantitative estimate of drug-likeness (QED) is 0.789. The van der Waals surface area contributed by atoms with Gasteiger partial charge in [-0.3, -0.25) is 9.88 Å². The smallest absolute Gasteiger partial charge is 0.399 e. The minimum atomic E-state index is -2.53. The average Bonchev–Trinajstić information content (AvgIpc) is 2.93. The van der Waals surface area contributed by atoms with E-state index in [0.29, 0.717) is 19.5 Å². The minimum Gasteiger partial charge on any atom is -0.399 e. The lowest BCUT2D eigenvalue weighted by Crippen LogP contribution is -2.41. The van der Waals surface area contributed by atoms with Gasteiger partial charge in [0.05, 0.1) is 17.7 Å². The molecule has 0 unspecified atom stereocenters. The molecule has 7 heteroatoms. The number of alkyl halides is 2. The Bertz CT molecular complexity index is 577. The second kappa shape index (κ2) is 6.04. The van der Waals surface area contributed by atoms with Crippen molar-refractivity contribution in [1.29, 1.82) is 0 Å². The summed E-state index contributed by atoms with van der Waals surface area (Å²) in [6, 6.07) is 3.87. The van der Waals surface area contributed by atoms with Gasteiger partial charge < -0.3 is 9.31 Å². The van der Waals surface area contributed by atoms with Gasteiger partial charge in [0.25, 0.3) is 5.92 Å². The fourth-order valence-electron chi connectivity index (χ4n) is 2.97. The second-order valence-electron chi connectivity index (χ2n) is 7.80. The number of hydrogen-bond acceptors (Lipinski definition) is 4. The highest BCUT2D eigenvalue weighted by atomic mass is 19.3. The lowest BCUT2D eigenvalue weighted by molar-refractivity contribution is 0.00578. The molecule has 24 heavy (non-hydrogen) atoms. The predicted octanol–water partition coefficient (Wildman–Crippen LogP) is 2.26. The van der Waals surface area contributed by atoms with Crippen LogP contribution in [0.1, 0.15) is 39.8 Å². The Balaban J connectivity index is 1.57. The molecule has 3 heterocycles. The molecular weight excluding hydrogens is 313 g/mol. The van der Waals surface area contributed by atoms with Gasteiger partial charge >= 0.3 is 7.12 Å². The molecule has 0 aliphatic carbocycles. The third-order valence-electron chi connectivity index (χ3n) is 5.31. The van der Waals surface area contributed by atoms with Crippen molar-refractivity contribution in [3.05, 3.63) is 24.0 Å². The zero-order valence-corrected chi connectivity index (χ0v) is 14.8. The van der Waals surface area contributed by atoms with Crippen molar-refractivity contribution in [3.8, 4) is 0 Å². The first kappa shape index (κ1) is 17.8. The molecular formula is C17H25BF2N2O2. The number of rotatable bonds is 4. The summed E-state index contributed by atoms with van der Waals surface area (Å²) in [7, 11) is -0.422. The number of aromatic nitrogens is 1. The van der Waals surface area contributed by atoms with Crippen LogP contribution in [-0.4, -0.2) is 53.8 Å². The first-order valence-electron chi connectivity index (χ1n) is 8.49. The molecule has 0 atom stereocenters. The lowest BCUT2D eigenvalue weighted by atomic mass is 9.80. The maximum atomic E-state index is 13.2. The largest absolute Gasteiger partial charge is 0.496 e. The van der Waals surface area contributed by atoms with E-state index in [0.717, 1.165) is 11.2 Å². The number of pyridine rings is 1. The maximum Gasteiger partial charge on any atom is 0.496 e. The van der Waals surface area contributed by atoms with Gasteiger partial charge in [-0.1, -0.05) is 6.07 Å². The van der Waals surface area contributed by atoms with E-state index in [-0.39, 0.29) is 24.2 Å². The van der Waals surface area contributed by atoms with Crippen LogP contribution in [-0.2, 0) is 15.7 Å². The maximum absolute atomic E-state index is 13.2. The fraction of sp³-hybridized carbons (Fsp3) is 0.706.